The number of nitrogens with one attached hydrogen (secondary N) is 1. The number of thioether (sulfide) groups is 1. The highest BCUT2D eigenvalue weighted by molar-refractivity contribution is 7.99. The molecule has 0 bridgehead atoms. The fourth-order valence-corrected chi connectivity index (χ4v) is 4.00. The van der Waals surface area contributed by atoms with Crippen molar-refractivity contribution in [3.8, 4) is 0 Å². The van der Waals surface area contributed by atoms with Gasteiger partial charge in [-0.2, -0.15) is 0 Å². The third kappa shape index (κ3) is 6.04. The summed E-state index contributed by atoms with van der Waals surface area (Å²) < 4.78 is 5.47. The van der Waals surface area contributed by atoms with Crippen molar-refractivity contribution < 1.29 is 19.4 Å². The lowest BCUT2D eigenvalue weighted by molar-refractivity contribution is -0.134. The summed E-state index contributed by atoms with van der Waals surface area (Å²) in [6, 6.07) is 7.66. The molecule has 25 heavy (non-hydrogen) atoms. The number of carboxylic acids is 1. The Labute approximate surface area is 153 Å². The molecule has 0 aliphatic heterocycles. The number of carboxylic acid groups (broad SMARTS) is 1. The second-order valence-corrected chi connectivity index (χ2v) is 7.46. The zero-order chi connectivity index (χ0) is 18.1. The molecule has 0 heterocycles. The van der Waals surface area contributed by atoms with Crippen molar-refractivity contribution >= 4 is 29.3 Å². The molecular formula is C19H27NO4S. The van der Waals surface area contributed by atoms with Crippen LogP contribution >= 0.6 is 11.8 Å². The Balaban J connectivity index is 1.97. The molecule has 1 saturated carbocycles. The number of carbonyl (C=O) groups excluding carboxylic acids is 1. The topological polar surface area (TPSA) is 75.6 Å². The predicted molar refractivity (Wildman–Crippen MR) is 101 cm³/mol. The molecule has 2 N–H and O–H groups in total. The van der Waals surface area contributed by atoms with Crippen molar-refractivity contribution in [1.29, 1.82) is 0 Å². The summed E-state index contributed by atoms with van der Waals surface area (Å²) in [5.41, 5.74) is 1.48. The minimum absolute atomic E-state index is 0.0805. The van der Waals surface area contributed by atoms with Gasteiger partial charge in [0.1, 0.15) is 0 Å². The highest BCUT2D eigenvalue weighted by Crippen LogP contribution is 2.42. The number of anilines is 1. The monoisotopic (exact) mass is 365 g/mol. The fraction of sp³-hybridized carbons (Fsp3) is 0.579. The fourth-order valence-electron chi connectivity index (χ4n) is 3.31. The summed E-state index contributed by atoms with van der Waals surface area (Å²) in [6.45, 7) is 3.26. The van der Waals surface area contributed by atoms with E-state index in [-0.39, 0.29) is 17.1 Å². The average molecular weight is 365 g/mol. The number of aliphatic carboxylic acids is 1. The Morgan fingerprint density at radius 3 is 2.76 bits per heavy atom. The van der Waals surface area contributed by atoms with Gasteiger partial charge in [-0.05, 0) is 43.9 Å². The van der Waals surface area contributed by atoms with Gasteiger partial charge < -0.3 is 15.2 Å². The number of rotatable bonds is 10. The number of benzene rings is 1. The first-order chi connectivity index (χ1) is 12.1. The van der Waals surface area contributed by atoms with Crippen molar-refractivity contribution in [2.75, 3.05) is 24.3 Å². The number of amides is 1. The quantitative estimate of drug-likeness (QED) is 0.615. The lowest BCUT2D eigenvalue weighted by atomic mass is 9.82. The van der Waals surface area contributed by atoms with E-state index in [0.717, 1.165) is 43.4 Å². The van der Waals surface area contributed by atoms with Crippen LogP contribution in [0.25, 0.3) is 0 Å². The summed E-state index contributed by atoms with van der Waals surface area (Å²) in [5, 5.41) is 11.8. The third-order valence-corrected chi connectivity index (χ3v) is 5.64. The van der Waals surface area contributed by atoms with Crippen LogP contribution in [0.2, 0.25) is 0 Å². The molecule has 0 saturated heterocycles. The van der Waals surface area contributed by atoms with Gasteiger partial charge in [0.15, 0.2) is 0 Å². The van der Waals surface area contributed by atoms with E-state index in [4.69, 9.17) is 9.84 Å². The molecular weight excluding hydrogens is 338 g/mol. The molecule has 1 aromatic rings. The first-order valence-corrected chi connectivity index (χ1v) is 9.99. The average Bonchev–Trinajstić information content (AvgIpc) is 3.05. The highest BCUT2D eigenvalue weighted by atomic mass is 32.2. The van der Waals surface area contributed by atoms with Gasteiger partial charge in [0.05, 0.1) is 11.2 Å². The summed E-state index contributed by atoms with van der Waals surface area (Å²) in [4.78, 5) is 23.5. The Hall–Kier alpha value is -1.53. The molecule has 1 amide bonds. The van der Waals surface area contributed by atoms with Crippen LogP contribution in [0.5, 0.6) is 0 Å². The van der Waals surface area contributed by atoms with Crippen molar-refractivity contribution in [3.05, 3.63) is 29.8 Å². The maximum atomic E-state index is 12.9. The Bertz CT molecular complexity index is 585. The van der Waals surface area contributed by atoms with Gasteiger partial charge >= 0.3 is 5.97 Å². The van der Waals surface area contributed by atoms with Crippen LogP contribution in [0.15, 0.2) is 24.3 Å². The first-order valence-electron chi connectivity index (χ1n) is 8.83. The van der Waals surface area contributed by atoms with Gasteiger partial charge in [0.25, 0.3) is 0 Å². The molecule has 1 aromatic carbocycles. The van der Waals surface area contributed by atoms with Crippen LogP contribution in [0.1, 0.15) is 44.6 Å². The van der Waals surface area contributed by atoms with Gasteiger partial charge in [0.2, 0.25) is 5.91 Å². The number of carbonyl (C=O) groups is 2. The number of hydrogen-bond donors (Lipinski definition) is 2. The van der Waals surface area contributed by atoms with Gasteiger partial charge in [-0.25, -0.2) is 0 Å². The molecule has 0 unspecified atom stereocenters. The second kappa shape index (κ2) is 9.82. The van der Waals surface area contributed by atoms with E-state index in [1.54, 1.807) is 0 Å². The lowest BCUT2D eigenvalue weighted by Gasteiger charge is -2.27. The third-order valence-electron chi connectivity index (χ3n) is 4.65. The maximum absolute atomic E-state index is 12.9. The van der Waals surface area contributed by atoms with Crippen LogP contribution in [0.3, 0.4) is 0 Å². The lowest BCUT2D eigenvalue weighted by Crippen LogP contribution is -2.35. The summed E-state index contributed by atoms with van der Waals surface area (Å²) in [6.07, 6.45) is 4.78. The molecule has 0 atom stereocenters. The summed E-state index contributed by atoms with van der Waals surface area (Å²) in [5.74, 6) is -0.0326. The summed E-state index contributed by atoms with van der Waals surface area (Å²) >= 11 is 1.35. The maximum Gasteiger partial charge on any atom is 0.313 e. The van der Waals surface area contributed by atoms with Gasteiger partial charge in [-0.1, -0.05) is 25.0 Å². The SMILES string of the molecule is CCOCCC1(C(=O)Nc2cccc(CSCC(=O)O)c2)CCCC1. The van der Waals surface area contributed by atoms with E-state index in [1.807, 2.05) is 31.2 Å². The summed E-state index contributed by atoms with van der Waals surface area (Å²) in [7, 11) is 0. The largest absolute Gasteiger partial charge is 0.481 e. The molecule has 0 radical (unpaired) electrons. The van der Waals surface area contributed by atoms with E-state index in [0.29, 0.717) is 19.0 Å². The van der Waals surface area contributed by atoms with Crippen molar-refractivity contribution in [2.24, 2.45) is 5.41 Å². The van der Waals surface area contributed by atoms with Gasteiger partial charge in [-0.15, -0.1) is 11.8 Å². The van der Waals surface area contributed by atoms with E-state index in [2.05, 4.69) is 5.32 Å². The molecule has 138 valence electrons. The molecule has 6 heteroatoms. The van der Waals surface area contributed by atoms with E-state index < -0.39 is 5.97 Å². The zero-order valence-electron chi connectivity index (χ0n) is 14.8. The molecule has 0 spiro atoms. The van der Waals surface area contributed by atoms with Gasteiger partial charge in [-0.3, -0.25) is 9.59 Å². The number of hydrogen-bond acceptors (Lipinski definition) is 4. The minimum atomic E-state index is -0.813. The Morgan fingerprint density at radius 1 is 1.32 bits per heavy atom. The van der Waals surface area contributed by atoms with E-state index in [1.165, 1.54) is 11.8 Å². The van der Waals surface area contributed by atoms with Crippen molar-refractivity contribution in [3.63, 3.8) is 0 Å². The van der Waals surface area contributed by atoms with Crippen LogP contribution in [-0.2, 0) is 20.1 Å². The van der Waals surface area contributed by atoms with Crippen molar-refractivity contribution in [2.45, 2.75) is 44.8 Å². The van der Waals surface area contributed by atoms with Crippen molar-refractivity contribution in [1.82, 2.24) is 0 Å². The van der Waals surface area contributed by atoms with Crippen LogP contribution in [0, 0.1) is 5.41 Å². The Kier molecular flexibility index (Phi) is 7.78. The number of ether oxygens (including phenoxy) is 1. The van der Waals surface area contributed by atoms with E-state index >= 15 is 0 Å². The Morgan fingerprint density at radius 2 is 2.08 bits per heavy atom. The highest BCUT2D eigenvalue weighted by Gasteiger charge is 2.40. The molecule has 0 aromatic heterocycles. The molecule has 5 nitrogen and oxygen atoms in total. The zero-order valence-corrected chi connectivity index (χ0v) is 15.6. The van der Waals surface area contributed by atoms with Crippen LogP contribution in [0.4, 0.5) is 5.69 Å². The molecule has 1 fully saturated rings. The first kappa shape index (κ1) is 19.8. The van der Waals surface area contributed by atoms with Crippen LogP contribution < -0.4 is 5.32 Å². The van der Waals surface area contributed by atoms with Gasteiger partial charge in [0, 0.05) is 24.7 Å². The molecule has 1 aliphatic rings. The molecule has 1 aliphatic carbocycles. The minimum Gasteiger partial charge on any atom is -0.481 e. The smallest absolute Gasteiger partial charge is 0.313 e. The molecule has 2 rings (SSSR count). The second-order valence-electron chi connectivity index (χ2n) is 6.48. The predicted octanol–water partition coefficient (Wildman–Crippen LogP) is 3.93. The standard InChI is InChI=1S/C19H27NO4S/c1-2-24-11-10-19(8-3-4-9-19)18(23)20-16-7-5-6-15(12-16)13-25-14-17(21)22/h5-7,12H,2-4,8-11,13-14H2,1H3,(H,20,23)(H,21,22). The van der Waals surface area contributed by atoms with E-state index in [9.17, 15) is 9.59 Å². The normalized spacial score (nSPS) is 15.9. The van der Waals surface area contributed by atoms with Crippen LogP contribution in [-0.4, -0.2) is 35.9 Å².